The van der Waals surface area contributed by atoms with Gasteiger partial charge < -0.3 is 0 Å². The molecule has 3 N–H and O–H groups in total. The average Bonchev–Trinajstić information content (AvgIpc) is 2.29. The molecule has 1 aliphatic rings. The molecule has 0 aromatic rings. The molecule has 0 heterocycles. The predicted octanol–water partition coefficient (Wildman–Crippen LogP) is 3.22. The third kappa shape index (κ3) is 4.98. The highest BCUT2D eigenvalue weighted by Gasteiger charge is 2.19. The Bertz CT molecular complexity index is 153. The van der Waals surface area contributed by atoms with Crippen LogP contribution in [0.25, 0.3) is 0 Å². The molecule has 1 saturated carbocycles. The van der Waals surface area contributed by atoms with Crippen LogP contribution in [0.3, 0.4) is 0 Å². The normalized spacial score (nSPS) is 22.6. The topological polar surface area (TPSA) is 38.0 Å². The average molecular weight is 212 g/mol. The minimum absolute atomic E-state index is 0.544. The fourth-order valence-corrected chi connectivity index (χ4v) is 2.71. The first-order valence-corrected chi connectivity index (χ1v) is 6.72. The molecule has 0 aromatic carbocycles. The van der Waals surface area contributed by atoms with Crippen LogP contribution in [-0.4, -0.2) is 6.04 Å². The van der Waals surface area contributed by atoms with Crippen LogP contribution in [0, 0.1) is 11.8 Å². The number of rotatable bonds is 6. The molecule has 2 nitrogen and oxygen atoms in total. The van der Waals surface area contributed by atoms with Crippen LogP contribution in [0.15, 0.2) is 0 Å². The van der Waals surface area contributed by atoms with Crippen molar-refractivity contribution in [1.82, 2.24) is 5.43 Å². The summed E-state index contributed by atoms with van der Waals surface area (Å²) in [5.41, 5.74) is 3.01. The van der Waals surface area contributed by atoms with E-state index in [1.165, 1.54) is 51.4 Å². The van der Waals surface area contributed by atoms with Gasteiger partial charge in [-0.05, 0) is 24.7 Å². The van der Waals surface area contributed by atoms with Crippen molar-refractivity contribution in [2.24, 2.45) is 17.7 Å². The van der Waals surface area contributed by atoms with Gasteiger partial charge in [0.05, 0.1) is 0 Å². The molecule has 2 heteroatoms. The maximum absolute atomic E-state index is 5.64. The van der Waals surface area contributed by atoms with E-state index in [1.54, 1.807) is 0 Å². The molecule has 90 valence electrons. The minimum Gasteiger partial charge on any atom is -0.271 e. The van der Waals surface area contributed by atoms with Gasteiger partial charge in [0.25, 0.3) is 0 Å². The molecule has 0 aliphatic heterocycles. The molecular weight excluding hydrogens is 184 g/mol. The molecule has 0 amide bonds. The summed E-state index contributed by atoms with van der Waals surface area (Å²) in [5, 5.41) is 0. The molecule has 1 rings (SSSR count). The van der Waals surface area contributed by atoms with E-state index in [-0.39, 0.29) is 0 Å². The standard InChI is InChI=1S/C13H28N2/c1-3-11(2)9-13(15-14)10-12-7-5-4-6-8-12/h11-13,15H,3-10,14H2,1-2H3. The lowest BCUT2D eigenvalue weighted by molar-refractivity contribution is 0.274. The maximum Gasteiger partial charge on any atom is 0.0215 e. The molecule has 1 aliphatic carbocycles. The summed E-state index contributed by atoms with van der Waals surface area (Å²) in [4.78, 5) is 0. The van der Waals surface area contributed by atoms with Crippen LogP contribution < -0.4 is 11.3 Å². The lowest BCUT2D eigenvalue weighted by Gasteiger charge is -2.27. The Labute approximate surface area is 95.0 Å². The van der Waals surface area contributed by atoms with Crippen LogP contribution in [0.4, 0.5) is 0 Å². The van der Waals surface area contributed by atoms with Crippen LogP contribution in [0.2, 0.25) is 0 Å². The Morgan fingerprint density at radius 3 is 2.47 bits per heavy atom. The van der Waals surface area contributed by atoms with Crippen molar-refractivity contribution in [3.05, 3.63) is 0 Å². The van der Waals surface area contributed by atoms with E-state index in [9.17, 15) is 0 Å². The number of hydrogen-bond donors (Lipinski definition) is 2. The lowest BCUT2D eigenvalue weighted by Crippen LogP contribution is -2.38. The minimum atomic E-state index is 0.544. The van der Waals surface area contributed by atoms with Gasteiger partial charge in [0.2, 0.25) is 0 Å². The number of nitrogens with one attached hydrogen (secondary N) is 1. The third-order valence-electron chi connectivity index (χ3n) is 3.96. The van der Waals surface area contributed by atoms with E-state index in [1.807, 2.05) is 0 Å². The van der Waals surface area contributed by atoms with Crippen molar-refractivity contribution >= 4 is 0 Å². The van der Waals surface area contributed by atoms with Crippen molar-refractivity contribution in [3.63, 3.8) is 0 Å². The first-order chi connectivity index (χ1) is 7.26. The van der Waals surface area contributed by atoms with Crippen molar-refractivity contribution < 1.29 is 0 Å². The summed E-state index contributed by atoms with van der Waals surface area (Å²) >= 11 is 0. The number of hydrogen-bond acceptors (Lipinski definition) is 2. The van der Waals surface area contributed by atoms with Gasteiger partial charge in [-0.3, -0.25) is 11.3 Å². The zero-order valence-corrected chi connectivity index (χ0v) is 10.5. The van der Waals surface area contributed by atoms with Crippen molar-refractivity contribution in [2.45, 2.75) is 71.3 Å². The largest absolute Gasteiger partial charge is 0.271 e. The predicted molar refractivity (Wildman–Crippen MR) is 66.4 cm³/mol. The van der Waals surface area contributed by atoms with Gasteiger partial charge in [-0.1, -0.05) is 52.4 Å². The summed E-state index contributed by atoms with van der Waals surface area (Å²) in [6.07, 6.45) is 11.0. The summed E-state index contributed by atoms with van der Waals surface area (Å²) < 4.78 is 0. The van der Waals surface area contributed by atoms with E-state index >= 15 is 0 Å². The zero-order chi connectivity index (χ0) is 11.1. The fourth-order valence-electron chi connectivity index (χ4n) is 2.71. The molecule has 0 aromatic heterocycles. The Morgan fingerprint density at radius 1 is 1.27 bits per heavy atom. The molecule has 0 saturated heterocycles. The van der Waals surface area contributed by atoms with Crippen LogP contribution >= 0.6 is 0 Å². The van der Waals surface area contributed by atoms with E-state index in [0.29, 0.717) is 6.04 Å². The van der Waals surface area contributed by atoms with E-state index in [2.05, 4.69) is 19.3 Å². The molecule has 0 spiro atoms. The van der Waals surface area contributed by atoms with Crippen LogP contribution in [0.5, 0.6) is 0 Å². The van der Waals surface area contributed by atoms with Gasteiger partial charge in [-0.15, -0.1) is 0 Å². The van der Waals surface area contributed by atoms with Gasteiger partial charge in [-0.25, -0.2) is 0 Å². The molecule has 0 bridgehead atoms. The molecule has 15 heavy (non-hydrogen) atoms. The molecule has 1 fully saturated rings. The van der Waals surface area contributed by atoms with Gasteiger partial charge in [0.1, 0.15) is 0 Å². The number of hydrazine groups is 1. The fraction of sp³-hybridized carbons (Fsp3) is 1.00. The Kier molecular flexibility index (Phi) is 6.26. The second kappa shape index (κ2) is 7.24. The molecular formula is C13H28N2. The summed E-state index contributed by atoms with van der Waals surface area (Å²) in [5.74, 6) is 7.38. The van der Waals surface area contributed by atoms with Crippen LogP contribution in [0.1, 0.15) is 65.2 Å². The summed E-state index contributed by atoms with van der Waals surface area (Å²) in [6.45, 7) is 4.59. The van der Waals surface area contributed by atoms with Gasteiger partial charge in [0.15, 0.2) is 0 Å². The summed E-state index contributed by atoms with van der Waals surface area (Å²) in [7, 11) is 0. The molecule has 2 atom stereocenters. The van der Waals surface area contributed by atoms with Gasteiger partial charge >= 0.3 is 0 Å². The third-order valence-corrected chi connectivity index (χ3v) is 3.96. The summed E-state index contributed by atoms with van der Waals surface area (Å²) in [6, 6.07) is 0.544. The monoisotopic (exact) mass is 212 g/mol. The smallest absolute Gasteiger partial charge is 0.0215 e. The SMILES string of the molecule is CCC(C)CC(CC1CCCCC1)NN. The molecule has 0 radical (unpaired) electrons. The first kappa shape index (κ1) is 13.0. The lowest BCUT2D eigenvalue weighted by atomic mass is 9.83. The Morgan fingerprint density at radius 2 is 1.93 bits per heavy atom. The van der Waals surface area contributed by atoms with E-state index in [4.69, 9.17) is 5.84 Å². The first-order valence-electron chi connectivity index (χ1n) is 6.72. The van der Waals surface area contributed by atoms with Crippen molar-refractivity contribution in [1.29, 1.82) is 0 Å². The van der Waals surface area contributed by atoms with E-state index < -0.39 is 0 Å². The second-order valence-corrected chi connectivity index (χ2v) is 5.35. The quantitative estimate of drug-likeness (QED) is 0.524. The highest BCUT2D eigenvalue weighted by atomic mass is 15.2. The Hall–Kier alpha value is -0.0800. The molecule has 2 unspecified atom stereocenters. The van der Waals surface area contributed by atoms with Gasteiger partial charge in [-0.2, -0.15) is 0 Å². The Balaban J connectivity index is 2.25. The maximum atomic E-state index is 5.64. The highest BCUT2D eigenvalue weighted by molar-refractivity contribution is 4.74. The van der Waals surface area contributed by atoms with Crippen molar-refractivity contribution in [2.75, 3.05) is 0 Å². The highest BCUT2D eigenvalue weighted by Crippen LogP contribution is 2.28. The second-order valence-electron chi connectivity index (χ2n) is 5.35. The van der Waals surface area contributed by atoms with Crippen LogP contribution in [-0.2, 0) is 0 Å². The van der Waals surface area contributed by atoms with E-state index in [0.717, 1.165) is 11.8 Å². The van der Waals surface area contributed by atoms with Gasteiger partial charge in [0, 0.05) is 6.04 Å². The number of nitrogens with two attached hydrogens (primary N) is 1. The zero-order valence-electron chi connectivity index (χ0n) is 10.5. The van der Waals surface area contributed by atoms with Crippen molar-refractivity contribution in [3.8, 4) is 0 Å².